The van der Waals surface area contributed by atoms with E-state index in [0.29, 0.717) is 12.6 Å². The van der Waals surface area contributed by atoms with E-state index in [1.807, 2.05) is 7.11 Å². The van der Waals surface area contributed by atoms with Gasteiger partial charge in [0, 0.05) is 32.7 Å². The van der Waals surface area contributed by atoms with E-state index >= 15 is 0 Å². The third-order valence-electron chi connectivity index (χ3n) is 4.07. The molecule has 1 fully saturated rings. The smallest absolute Gasteiger partial charge is 0.144 e. The van der Waals surface area contributed by atoms with Crippen LogP contribution in [-0.4, -0.2) is 36.9 Å². The predicted molar refractivity (Wildman–Crippen MR) is 70.7 cm³/mol. The van der Waals surface area contributed by atoms with Crippen molar-refractivity contribution in [2.45, 2.75) is 44.4 Å². The van der Waals surface area contributed by atoms with Crippen molar-refractivity contribution >= 4 is 0 Å². The minimum Gasteiger partial charge on any atom is -0.360 e. The number of hydrogen-bond donors (Lipinski definition) is 1. The molecule has 0 amide bonds. The molecule has 1 heterocycles. The molecule has 17 heavy (non-hydrogen) atoms. The highest BCUT2D eigenvalue weighted by molar-refractivity contribution is 5.26. The highest BCUT2D eigenvalue weighted by Crippen LogP contribution is 2.34. The summed E-state index contributed by atoms with van der Waals surface area (Å²) in [4.78, 5) is 2.50. The van der Waals surface area contributed by atoms with Crippen LogP contribution in [0, 0.1) is 0 Å². The fourth-order valence-corrected chi connectivity index (χ4v) is 3.03. The Bertz CT molecular complexity index is 324. The number of rotatable bonds is 3. The van der Waals surface area contributed by atoms with E-state index in [0.717, 1.165) is 13.0 Å². The third kappa shape index (κ3) is 2.46. The molecule has 0 bridgehead atoms. The summed E-state index contributed by atoms with van der Waals surface area (Å²) in [7, 11) is 1.81. The predicted octanol–water partition coefficient (Wildman–Crippen LogP) is 2.05. The van der Waals surface area contributed by atoms with Gasteiger partial charge < -0.3 is 10.5 Å². The first-order chi connectivity index (χ1) is 8.22. The minimum atomic E-state index is -0.261. The van der Waals surface area contributed by atoms with Crippen LogP contribution in [0.5, 0.6) is 0 Å². The SMILES string of the molecule is COC1(N2CCCCC2C)C=CC=C(CN)C1. The number of hydrogen-bond acceptors (Lipinski definition) is 3. The van der Waals surface area contributed by atoms with E-state index in [9.17, 15) is 0 Å². The normalized spacial score (nSPS) is 34.8. The summed E-state index contributed by atoms with van der Waals surface area (Å²) in [5.41, 5.74) is 6.78. The van der Waals surface area contributed by atoms with Crippen molar-refractivity contribution in [3.05, 3.63) is 23.8 Å². The maximum Gasteiger partial charge on any atom is 0.144 e. The summed E-state index contributed by atoms with van der Waals surface area (Å²) in [5.74, 6) is 0. The number of piperidine rings is 1. The van der Waals surface area contributed by atoms with Crippen molar-refractivity contribution in [1.29, 1.82) is 0 Å². The Morgan fingerprint density at radius 2 is 2.35 bits per heavy atom. The lowest BCUT2D eigenvalue weighted by molar-refractivity contribution is -0.125. The number of methoxy groups -OCH3 is 1. The topological polar surface area (TPSA) is 38.5 Å². The van der Waals surface area contributed by atoms with Gasteiger partial charge in [0.1, 0.15) is 5.72 Å². The lowest BCUT2D eigenvalue weighted by atomic mass is 9.91. The molecule has 1 aliphatic carbocycles. The summed E-state index contributed by atoms with van der Waals surface area (Å²) < 4.78 is 5.86. The first-order valence-electron chi connectivity index (χ1n) is 6.61. The van der Waals surface area contributed by atoms with Gasteiger partial charge in [-0.1, -0.05) is 24.1 Å². The van der Waals surface area contributed by atoms with Crippen molar-refractivity contribution in [1.82, 2.24) is 4.90 Å². The second-order valence-electron chi connectivity index (χ2n) is 5.15. The van der Waals surface area contributed by atoms with E-state index in [4.69, 9.17) is 10.5 Å². The van der Waals surface area contributed by atoms with Crippen molar-refractivity contribution in [2.75, 3.05) is 20.2 Å². The lowest BCUT2D eigenvalue weighted by Gasteiger charge is -2.47. The van der Waals surface area contributed by atoms with Gasteiger partial charge in [-0.15, -0.1) is 0 Å². The quantitative estimate of drug-likeness (QED) is 0.815. The van der Waals surface area contributed by atoms with Gasteiger partial charge in [-0.05, 0) is 25.8 Å². The molecule has 0 radical (unpaired) electrons. The van der Waals surface area contributed by atoms with E-state index in [2.05, 4.69) is 30.1 Å². The zero-order chi connectivity index (χ0) is 12.3. The minimum absolute atomic E-state index is 0.261. The van der Waals surface area contributed by atoms with Gasteiger partial charge in [0.2, 0.25) is 0 Å². The lowest BCUT2D eigenvalue weighted by Crippen LogP contribution is -2.55. The molecule has 2 aliphatic rings. The van der Waals surface area contributed by atoms with E-state index < -0.39 is 0 Å². The zero-order valence-corrected chi connectivity index (χ0v) is 11.0. The van der Waals surface area contributed by atoms with Gasteiger partial charge in [-0.25, -0.2) is 0 Å². The molecule has 1 saturated heterocycles. The van der Waals surface area contributed by atoms with Gasteiger partial charge in [0.05, 0.1) is 0 Å². The Kier molecular flexibility index (Phi) is 4.02. The molecular weight excluding hydrogens is 212 g/mol. The number of ether oxygens (including phenoxy) is 1. The molecule has 3 heteroatoms. The summed E-state index contributed by atoms with van der Waals surface area (Å²) >= 11 is 0. The average molecular weight is 236 g/mol. The van der Waals surface area contributed by atoms with Crippen molar-refractivity contribution < 1.29 is 4.74 Å². The molecule has 96 valence electrons. The van der Waals surface area contributed by atoms with Crippen LogP contribution < -0.4 is 5.73 Å². The summed E-state index contributed by atoms with van der Waals surface area (Å²) in [6.45, 7) is 4.04. The standard InChI is InChI=1S/C14H24N2O/c1-12-6-3-4-9-16(12)14(17-2)8-5-7-13(10-14)11-15/h5,7-8,12H,3-4,6,9-11,15H2,1-2H3. The summed E-state index contributed by atoms with van der Waals surface area (Å²) in [5, 5.41) is 0. The highest BCUT2D eigenvalue weighted by Gasteiger charge is 2.39. The average Bonchev–Trinajstić information content (AvgIpc) is 2.39. The number of allylic oxidation sites excluding steroid dienone is 2. The molecule has 2 unspecified atom stereocenters. The van der Waals surface area contributed by atoms with Crippen LogP contribution in [0.15, 0.2) is 23.8 Å². The molecule has 0 saturated carbocycles. The monoisotopic (exact) mass is 236 g/mol. The molecule has 2 atom stereocenters. The van der Waals surface area contributed by atoms with Crippen molar-refractivity contribution in [3.63, 3.8) is 0 Å². The first kappa shape index (κ1) is 12.8. The van der Waals surface area contributed by atoms with Crippen LogP contribution in [-0.2, 0) is 4.74 Å². The molecule has 2 N–H and O–H groups in total. The summed E-state index contributed by atoms with van der Waals surface area (Å²) in [6, 6.07) is 0.588. The third-order valence-corrected chi connectivity index (χ3v) is 4.07. The van der Waals surface area contributed by atoms with Gasteiger partial charge in [-0.2, -0.15) is 0 Å². The van der Waals surface area contributed by atoms with Crippen LogP contribution in [0.25, 0.3) is 0 Å². The molecule has 3 nitrogen and oxygen atoms in total. The largest absolute Gasteiger partial charge is 0.360 e. The molecular formula is C14H24N2O. The Morgan fingerprint density at radius 1 is 1.53 bits per heavy atom. The van der Waals surface area contributed by atoms with Gasteiger partial charge in [-0.3, -0.25) is 4.90 Å². The molecule has 0 aromatic heterocycles. The molecule has 0 aromatic rings. The molecule has 1 aliphatic heterocycles. The number of likely N-dealkylation sites (tertiary alicyclic amines) is 1. The van der Waals surface area contributed by atoms with E-state index in [1.54, 1.807) is 0 Å². The van der Waals surface area contributed by atoms with Crippen LogP contribution in [0.4, 0.5) is 0 Å². The van der Waals surface area contributed by atoms with Crippen molar-refractivity contribution in [2.24, 2.45) is 5.73 Å². The molecule has 0 aromatic carbocycles. The van der Waals surface area contributed by atoms with Crippen LogP contribution in [0.2, 0.25) is 0 Å². The fraction of sp³-hybridized carbons (Fsp3) is 0.714. The van der Waals surface area contributed by atoms with Gasteiger partial charge in [0.25, 0.3) is 0 Å². The zero-order valence-electron chi connectivity index (χ0n) is 11.0. The Balaban J connectivity index is 2.20. The highest BCUT2D eigenvalue weighted by atomic mass is 16.5. The Morgan fingerprint density at radius 3 is 3.00 bits per heavy atom. The number of nitrogens with zero attached hydrogens (tertiary/aromatic N) is 1. The van der Waals surface area contributed by atoms with E-state index in [1.165, 1.54) is 24.8 Å². The van der Waals surface area contributed by atoms with Gasteiger partial charge in [0.15, 0.2) is 0 Å². The first-order valence-corrected chi connectivity index (χ1v) is 6.61. The molecule has 2 rings (SSSR count). The second kappa shape index (κ2) is 5.34. The molecule has 0 spiro atoms. The van der Waals surface area contributed by atoms with Crippen LogP contribution in [0.1, 0.15) is 32.6 Å². The van der Waals surface area contributed by atoms with E-state index in [-0.39, 0.29) is 5.72 Å². The Labute approximate surface area is 104 Å². The maximum absolute atomic E-state index is 5.86. The van der Waals surface area contributed by atoms with Gasteiger partial charge >= 0.3 is 0 Å². The maximum atomic E-state index is 5.86. The second-order valence-corrected chi connectivity index (χ2v) is 5.15. The van der Waals surface area contributed by atoms with Crippen LogP contribution in [0.3, 0.4) is 0 Å². The fourth-order valence-electron chi connectivity index (χ4n) is 3.03. The number of nitrogens with two attached hydrogens (primary N) is 1. The Hall–Kier alpha value is -0.640. The van der Waals surface area contributed by atoms with Crippen molar-refractivity contribution in [3.8, 4) is 0 Å². The van der Waals surface area contributed by atoms with Crippen LogP contribution >= 0.6 is 0 Å². The summed E-state index contributed by atoms with van der Waals surface area (Å²) in [6.07, 6.45) is 11.2.